The summed E-state index contributed by atoms with van der Waals surface area (Å²) in [4.78, 5) is 14.0. The fourth-order valence-corrected chi connectivity index (χ4v) is 4.46. The van der Waals surface area contributed by atoms with E-state index < -0.39 is 14.6 Å². The van der Waals surface area contributed by atoms with Gasteiger partial charge in [0.25, 0.3) is 0 Å². The first-order valence-corrected chi connectivity index (χ1v) is 8.27. The minimum atomic E-state index is -3.38. The number of hydrogen-bond donors (Lipinski definition) is 0. The van der Waals surface area contributed by atoms with E-state index >= 15 is 0 Å². The van der Waals surface area contributed by atoms with Crippen LogP contribution < -0.4 is 0 Å². The van der Waals surface area contributed by atoms with Gasteiger partial charge in [0.1, 0.15) is 4.75 Å². The SMILES string of the molecule is CC(C)(C(=O)N1CC(n2ccnn2)C1)S(=O)(=O)C1CC1. The highest BCUT2D eigenvalue weighted by Crippen LogP contribution is 2.38. The first kappa shape index (κ1) is 13.5. The van der Waals surface area contributed by atoms with Crippen LogP contribution in [0, 0.1) is 0 Å². The molecule has 0 bridgehead atoms. The molecule has 1 saturated heterocycles. The maximum absolute atomic E-state index is 12.4. The highest BCUT2D eigenvalue weighted by atomic mass is 32.2. The number of likely N-dealkylation sites (tertiary alicyclic amines) is 1. The summed E-state index contributed by atoms with van der Waals surface area (Å²) in [6.45, 7) is 4.02. The Morgan fingerprint density at radius 1 is 1.30 bits per heavy atom. The van der Waals surface area contributed by atoms with Crippen molar-refractivity contribution in [2.45, 2.75) is 42.7 Å². The zero-order valence-corrected chi connectivity index (χ0v) is 12.4. The lowest BCUT2D eigenvalue weighted by Crippen LogP contribution is -2.59. The van der Waals surface area contributed by atoms with Crippen molar-refractivity contribution >= 4 is 15.7 Å². The van der Waals surface area contributed by atoms with Crippen molar-refractivity contribution in [3.8, 4) is 0 Å². The average molecular weight is 298 g/mol. The molecule has 2 aliphatic rings. The maximum atomic E-state index is 12.4. The summed E-state index contributed by atoms with van der Waals surface area (Å²) in [5, 5.41) is 7.29. The Labute approximate surface area is 117 Å². The van der Waals surface area contributed by atoms with Crippen LogP contribution in [0.25, 0.3) is 0 Å². The fourth-order valence-electron chi connectivity index (χ4n) is 2.50. The molecular weight excluding hydrogens is 280 g/mol. The quantitative estimate of drug-likeness (QED) is 0.782. The van der Waals surface area contributed by atoms with Gasteiger partial charge in [-0.15, -0.1) is 5.10 Å². The Bertz CT molecular complexity index is 613. The van der Waals surface area contributed by atoms with Crippen molar-refractivity contribution in [1.82, 2.24) is 19.9 Å². The lowest BCUT2D eigenvalue weighted by atomic mass is 10.1. The Hall–Kier alpha value is -1.44. The van der Waals surface area contributed by atoms with Gasteiger partial charge < -0.3 is 4.90 Å². The number of sulfone groups is 1. The van der Waals surface area contributed by atoms with E-state index in [4.69, 9.17) is 0 Å². The van der Waals surface area contributed by atoms with E-state index in [0.717, 1.165) is 0 Å². The molecule has 1 aliphatic carbocycles. The van der Waals surface area contributed by atoms with Crippen LogP contribution in [0.4, 0.5) is 0 Å². The van der Waals surface area contributed by atoms with E-state index in [0.29, 0.717) is 25.9 Å². The number of aromatic nitrogens is 3. The van der Waals surface area contributed by atoms with Crippen LogP contribution in [0.5, 0.6) is 0 Å². The van der Waals surface area contributed by atoms with Crippen LogP contribution in [0.2, 0.25) is 0 Å². The number of nitrogens with zero attached hydrogens (tertiary/aromatic N) is 4. The molecule has 0 radical (unpaired) electrons. The molecule has 2 heterocycles. The van der Waals surface area contributed by atoms with Gasteiger partial charge in [-0.1, -0.05) is 5.21 Å². The number of rotatable bonds is 4. The van der Waals surface area contributed by atoms with Gasteiger partial charge in [-0.25, -0.2) is 13.1 Å². The molecule has 0 unspecified atom stereocenters. The smallest absolute Gasteiger partial charge is 0.243 e. The summed E-state index contributed by atoms with van der Waals surface area (Å²) in [6, 6.07) is 0.0980. The Morgan fingerprint density at radius 3 is 2.45 bits per heavy atom. The molecule has 2 fully saturated rings. The van der Waals surface area contributed by atoms with Gasteiger partial charge in [0, 0.05) is 19.3 Å². The number of carbonyl (C=O) groups is 1. The zero-order valence-electron chi connectivity index (χ0n) is 11.6. The maximum Gasteiger partial charge on any atom is 0.243 e. The first-order valence-electron chi connectivity index (χ1n) is 6.72. The number of hydrogen-bond acceptors (Lipinski definition) is 5. The van der Waals surface area contributed by atoms with Crippen molar-refractivity contribution in [2.75, 3.05) is 13.1 Å². The van der Waals surface area contributed by atoms with Crippen LogP contribution in [0.3, 0.4) is 0 Å². The third-order valence-corrected chi connectivity index (χ3v) is 7.10. The highest BCUT2D eigenvalue weighted by molar-refractivity contribution is 7.94. The second kappa shape index (κ2) is 4.28. The van der Waals surface area contributed by atoms with Crippen LogP contribution in [-0.2, 0) is 14.6 Å². The van der Waals surface area contributed by atoms with Crippen molar-refractivity contribution in [2.24, 2.45) is 0 Å². The average Bonchev–Trinajstić information content (AvgIpc) is 3.06. The molecule has 1 saturated carbocycles. The molecule has 0 atom stereocenters. The van der Waals surface area contributed by atoms with Gasteiger partial charge in [0.05, 0.1) is 17.5 Å². The highest BCUT2D eigenvalue weighted by Gasteiger charge is 2.53. The molecule has 0 aromatic carbocycles. The Morgan fingerprint density at radius 2 is 1.95 bits per heavy atom. The molecular formula is C12H18N4O3S. The third-order valence-electron chi connectivity index (χ3n) is 4.15. The molecule has 3 rings (SSSR count). The molecule has 1 aromatic heterocycles. The molecule has 20 heavy (non-hydrogen) atoms. The van der Waals surface area contributed by atoms with E-state index in [1.54, 1.807) is 22.0 Å². The van der Waals surface area contributed by atoms with E-state index in [-0.39, 0.29) is 17.2 Å². The van der Waals surface area contributed by atoms with Crippen LogP contribution in [0.15, 0.2) is 12.4 Å². The van der Waals surface area contributed by atoms with Gasteiger partial charge in [0.2, 0.25) is 5.91 Å². The Kier molecular flexibility index (Phi) is 2.89. The molecule has 0 spiro atoms. The molecule has 0 N–H and O–H groups in total. The molecule has 8 heteroatoms. The normalized spacial score (nSPS) is 20.8. The molecule has 1 amide bonds. The van der Waals surface area contributed by atoms with Gasteiger partial charge >= 0.3 is 0 Å². The van der Waals surface area contributed by atoms with E-state index in [9.17, 15) is 13.2 Å². The fraction of sp³-hybridized carbons (Fsp3) is 0.750. The van der Waals surface area contributed by atoms with E-state index in [1.165, 1.54) is 13.8 Å². The predicted octanol–water partition coefficient (Wildman–Crippen LogP) is 0.0172. The monoisotopic (exact) mass is 298 g/mol. The first-order chi connectivity index (χ1) is 9.34. The van der Waals surface area contributed by atoms with Crippen molar-refractivity contribution in [3.63, 3.8) is 0 Å². The molecule has 1 aliphatic heterocycles. The molecule has 110 valence electrons. The van der Waals surface area contributed by atoms with Crippen LogP contribution >= 0.6 is 0 Å². The molecule has 1 aromatic rings. The summed E-state index contributed by atoms with van der Waals surface area (Å²) in [6.07, 6.45) is 4.70. The second-order valence-corrected chi connectivity index (χ2v) is 8.78. The summed E-state index contributed by atoms with van der Waals surface area (Å²) < 4.78 is 25.0. The predicted molar refractivity (Wildman–Crippen MR) is 71.7 cm³/mol. The van der Waals surface area contributed by atoms with Gasteiger partial charge in [-0.3, -0.25) is 4.79 Å². The Balaban J connectivity index is 1.68. The largest absolute Gasteiger partial charge is 0.337 e. The second-order valence-electron chi connectivity index (χ2n) is 6.00. The number of amides is 1. The number of carbonyl (C=O) groups excluding carboxylic acids is 1. The lowest BCUT2D eigenvalue weighted by Gasteiger charge is -2.42. The van der Waals surface area contributed by atoms with E-state index in [1.807, 2.05) is 0 Å². The van der Waals surface area contributed by atoms with Gasteiger partial charge in [-0.05, 0) is 26.7 Å². The van der Waals surface area contributed by atoms with Crippen molar-refractivity contribution < 1.29 is 13.2 Å². The summed E-state index contributed by atoms with van der Waals surface area (Å²) in [5.74, 6) is -0.305. The summed E-state index contributed by atoms with van der Waals surface area (Å²) in [7, 11) is -3.38. The minimum absolute atomic E-state index is 0.0980. The van der Waals surface area contributed by atoms with Gasteiger partial charge in [0.15, 0.2) is 9.84 Å². The van der Waals surface area contributed by atoms with Crippen LogP contribution in [-0.4, -0.2) is 57.3 Å². The van der Waals surface area contributed by atoms with Crippen LogP contribution in [0.1, 0.15) is 32.7 Å². The van der Waals surface area contributed by atoms with E-state index in [2.05, 4.69) is 10.3 Å². The molecule has 7 nitrogen and oxygen atoms in total. The summed E-state index contributed by atoms with van der Waals surface area (Å²) >= 11 is 0. The van der Waals surface area contributed by atoms with Crippen molar-refractivity contribution in [1.29, 1.82) is 0 Å². The standard InChI is InChI=1S/C12H18N4O3S/c1-12(2,20(18,19)10-3-4-10)11(17)15-7-9(8-15)16-6-5-13-14-16/h5-6,9-10H,3-4,7-8H2,1-2H3. The lowest BCUT2D eigenvalue weighted by molar-refractivity contribution is -0.139. The summed E-state index contributed by atoms with van der Waals surface area (Å²) in [5.41, 5.74) is 0. The van der Waals surface area contributed by atoms with Gasteiger partial charge in [-0.2, -0.15) is 0 Å². The van der Waals surface area contributed by atoms with Crippen molar-refractivity contribution in [3.05, 3.63) is 12.4 Å². The topological polar surface area (TPSA) is 85.2 Å². The zero-order chi connectivity index (χ0) is 14.5. The third kappa shape index (κ3) is 1.93. The minimum Gasteiger partial charge on any atom is -0.337 e.